The molecule has 0 heterocycles. The van der Waals surface area contributed by atoms with Crippen molar-refractivity contribution in [2.24, 2.45) is 0 Å². The van der Waals surface area contributed by atoms with Gasteiger partial charge in [0.2, 0.25) is 0 Å². The second-order valence-electron chi connectivity index (χ2n) is 8.93. The maximum Gasteiger partial charge on any atom is 0.517 e. The summed E-state index contributed by atoms with van der Waals surface area (Å²) >= 11 is 0. The fourth-order valence-corrected chi connectivity index (χ4v) is 7.24. The molecule has 0 N–H and O–H groups in total. The van der Waals surface area contributed by atoms with Crippen LogP contribution < -0.4 is 3.71 Å². The Hall–Kier alpha value is -2.14. The van der Waals surface area contributed by atoms with Crippen LogP contribution in [-0.2, 0) is 34.7 Å². The molecule has 0 spiro atoms. The van der Waals surface area contributed by atoms with Crippen LogP contribution in [0.5, 0.6) is 0 Å². The van der Waals surface area contributed by atoms with E-state index in [1.165, 1.54) is 19.1 Å². The maximum absolute atomic E-state index is 12.4. The summed E-state index contributed by atoms with van der Waals surface area (Å²) in [7, 11) is -16.5. The van der Waals surface area contributed by atoms with Crippen LogP contribution in [0.3, 0.4) is 0 Å². The predicted octanol–water partition coefficient (Wildman–Crippen LogP) is 5.98. The minimum atomic E-state index is -6.81. The molecule has 1 aromatic carbocycles. The van der Waals surface area contributed by atoms with E-state index in [1.54, 1.807) is 0 Å². The van der Waals surface area contributed by atoms with Crippen molar-refractivity contribution in [3.05, 3.63) is 41.3 Å². The van der Waals surface area contributed by atoms with Gasteiger partial charge in [0.15, 0.2) is 9.84 Å². The van der Waals surface area contributed by atoms with Gasteiger partial charge in [0.1, 0.15) is 5.78 Å². The summed E-state index contributed by atoms with van der Waals surface area (Å²) in [6, 6.07) is 3.85. The number of nitrogens with zero attached hydrogens (tertiary/aromatic N) is 1. The monoisotopic (exact) mass is 643 g/mol. The number of benzene rings is 1. The van der Waals surface area contributed by atoms with E-state index in [9.17, 15) is 56.4 Å². The van der Waals surface area contributed by atoms with Crippen molar-refractivity contribution in [2.75, 3.05) is 9.97 Å². The average Bonchev–Trinajstić information content (AvgIpc) is 3.24. The van der Waals surface area contributed by atoms with Crippen LogP contribution in [0.1, 0.15) is 70.6 Å². The summed E-state index contributed by atoms with van der Waals surface area (Å²) in [6.45, 7) is 0. The lowest BCUT2D eigenvalue weighted by Crippen LogP contribution is -2.49. The molecule has 0 saturated heterocycles. The number of hydrogen-bond donors (Lipinski definition) is 0. The van der Waals surface area contributed by atoms with Gasteiger partial charge in [-0.05, 0) is 50.7 Å². The Morgan fingerprint density at radius 3 is 1.50 bits per heavy atom. The average molecular weight is 644 g/mol. The highest BCUT2D eigenvalue weighted by atomic mass is 32.3. The Bertz CT molecular complexity index is 1270. The number of alkyl halides is 6. The van der Waals surface area contributed by atoms with E-state index in [2.05, 4.69) is 0 Å². The number of allylic oxidation sites excluding steroid dienone is 2. The molecule has 2 aliphatic rings. The molecule has 0 amide bonds. The van der Waals surface area contributed by atoms with Crippen LogP contribution >= 0.6 is 0 Å². The topological polar surface area (TPSA) is 123 Å². The van der Waals surface area contributed by atoms with Gasteiger partial charge in [-0.2, -0.15) is 43.2 Å². The molecule has 0 radical (unpaired) electrons. The molecule has 1 aromatic rings. The first-order valence-electron chi connectivity index (χ1n) is 12.1. The zero-order valence-corrected chi connectivity index (χ0v) is 24.0. The number of carbonyl (C=O) groups is 1. The van der Waals surface area contributed by atoms with Gasteiger partial charge in [0.05, 0.1) is 5.69 Å². The minimum absolute atomic E-state index is 0.475. The number of anilines is 1. The summed E-state index contributed by atoms with van der Waals surface area (Å²) in [5, 5.41) is 0. The van der Waals surface area contributed by atoms with E-state index in [-0.39, 0.29) is 0 Å². The Morgan fingerprint density at radius 1 is 0.650 bits per heavy atom. The van der Waals surface area contributed by atoms with Crippen molar-refractivity contribution >= 4 is 41.4 Å². The normalized spacial score (nSPS) is 17.6. The molecule has 0 aromatic heterocycles. The number of ketones is 1. The van der Waals surface area contributed by atoms with Gasteiger partial charge in [0, 0.05) is 24.0 Å². The molecular formula is C23H31F6NO7S3. The molecule has 0 aliphatic heterocycles. The van der Waals surface area contributed by atoms with Crippen molar-refractivity contribution in [3.63, 3.8) is 0 Å². The van der Waals surface area contributed by atoms with E-state index in [0.717, 1.165) is 76.0 Å². The molecule has 1 saturated carbocycles. The molecule has 17 heteroatoms. The number of Topliss-reactive ketones (excluding diaryl/α,β-unsaturated/α-hetero) is 1. The summed E-state index contributed by atoms with van der Waals surface area (Å²) in [4.78, 5) is 11.3. The van der Waals surface area contributed by atoms with Crippen LogP contribution in [0.2, 0.25) is 0 Å². The Morgan fingerprint density at radius 2 is 1.07 bits per heavy atom. The van der Waals surface area contributed by atoms with Crippen molar-refractivity contribution in [1.29, 1.82) is 0 Å². The lowest BCUT2D eigenvalue weighted by molar-refractivity contribution is -0.118. The molecule has 0 bridgehead atoms. The third kappa shape index (κ3) is 10.7. The third-order valence-corrected chi connectivity index (χ3v) is 10.6. The number of para-hydroxylation sites is 1. The number of halogens is 6. The first-order valence-corrected chi connectivity index (χ1v) is 16.9. The number of sulfone groups is 1. The second kappa shape index (κ2) is 14.7. The van der Waals surface area contributed by atoms with Gasteiger partial charge in [-0.15, -0.1) is 3.71 Å². The maximum atomic E-state index is 12.4. The Kier molecular flexibility index (Phi) is 13.2. The summed E-state index contributed by atoms with van der Waals surface area (Å²) in [6.07, 6.45) is 14.7. The van der Waals surface area contributed by atoms with Crippen LogP contribution in [0, 0.1) is 0 Å². The van der Waals surface area contributed by atoms with Crippen molar-refractivity contribution in [3.8, 4) is 0 Å². The van der Waals surface area contributed by atoms with Gasteiger partial charge >= 0.3 is 31.1 Å². The Labute approximate surface area is 230 Å². The molecule has 0 atom stereocenters. The molecular weight excluding hydrogens is 612 g/mol. The van der Waals surface area contributed by atoms with E-state index in [4.69, 9.17) is 0 Å². The quantitative estimate of drug-likeness (QED) is 0.292. The summed E-state index contributed by atoms with van der Waals surface area (Å²) in [5.41, 5.74) is -13.8. The highest BCUT2D eigenvalue weighted by Gasteiger charge is 2.61. The standard InChI is InChI=1S/C8H5F6NO4S2.C8H14O2S.C7H12O/c9-7(10,11)20(16,17)15(6-4-2-1-3-5-6)21(18,19)8(12,13)14;1-11(9,10)8-6-4-2-3-5-7-8;8-7-5-3-1-2-4-6-7/h1-5H;6H,2-5,7H2,1H3;1-6H2. The van der Waals surface area contributed by atoms with Gasteiger partial charge in [-0.3, -0.25) is 4.79 Å². The van der Waals surface area contributed by atoms with Gasteiger partial charge in [0.25, 0.3) is 0 Å². The number of carbonyl (C=O) groups excluding carboxylic acids is 1. The van der Waals surface area contributed by atoms with Crippen LogP contribution in [0.25, 0.3) is 0 Å². The number of rotatable bonds is 4. The van der Waals surface area contributed by atoms with Crippen molar-refractivity contribution in [2.45, 2.75) is 81.6 Å². The molecule has 0 unspecified atom stereocenters. The molecule has 1 fully saturated rings. The molecule has 3 rings (SSSR count). The largest absolute Gasteiger partial charge is 0.517 e. The number of hydrogen-bond acceptors (Lipinski definition) is 7. The van der Waals surface area contributed by atoms with Crippen LogP contribution in [-0.4, -0.2) is 48.3 Å². The minimum Gasteiger partial charge on any atom is -0.300 e. The second-order valence-corrected chi connectivity index (χ2v) is 14.8. The zero-order chi connectivity index (χ0) is 30.8. The van der Waals surface area contributed by atoms with Crippen molar-refractivity contribution < 1.29 is 56.4 Å². The lowest BCUT2D eigenvalue weighted by Gasteiger charge is -2.25. The van der Waals surface area contributed by atoms with E-state index < -0.39 is 50.3 Å². The number of sulfonamides is 2. The molecule has 230 valence electrons. The highest BCUT2D eigenvalue weighted by molar-refractivity contribution is 8.11. The van der Waals surface area contributed by atoms with Gasteiger partial charge in [-0.25, -0.2) is 8.42 Å². The smallest absolute Gasteiger partial charge is 0.300 e. The zero-order valence-electron chi connectivity index (χ0n) is 21.5. The van der Waals surface area contributed by atoms with E-state index in [0.29, 0.717) is 22.8 Å². The highest BCUT2D eigenvalue weighted by Crippen LogP contribution is 2.38. The van der Waals surface area contributed by atoms with E-state index >= 15 is 0 Å². The van der Waals surface area contributed by atoms with Crippen LogP contribution in [0.4, 0.5) is 32.0 Å². The lowest BCUT2D eigenvalue weighted by atomic mass is 10.2. The summed E-state index contributed by atoms with van der Waals surface area (Å²) in [5.74, 6) is 0.475. The SMILES string of the molecule is CS(=O)(=O)C1=CCCCCC1.O=C1CCCCCC1.O=S(=O)(N(c1ccccc1)S(=O)(=O)C(F)(F)F)C(F)(F)F. The Balaban J connectivity index is 0.000000347. The molecule has 40 heavy (non-hydrogen) atoms. The fraction of sp³-hybridized carbons (Fsp3) is 0.609. The molecule has 2 aliphatic carbocycles. The van der Waals surface area contributed by atoms with Crippen LogP contribution in [0.15, 0.2) is 41.3 Å². The predicted molar refractivity (Wildman–Crippen MR) is 138 cm³/mol. The van der Waals surface area contributed by atoms with Gasteiger partial charge < -0.3 is 0 Å². The molecule has 8 nitrogen and oxygen atoms in total. The fourth-order valence-electron chi connectivity index (χ4n) is 3.59. The first kappa shape index (κ1) is 35.9. The van der Waals surface area contributed by atoms with E-state index in [1.807, 2.05) is 6.08 Å². The van der Waals surface area contributed by atoms with Gasteiger partial charge in [-0.1, -0.05) is 43.5 Å². The first-order chi connectivity index (χ1) is 18.2. The third-order valence-electron chi connectivity index (χ3n) is 5.63. The van der Waals surface area contributed by atoms with Crippen molar-refractivity contribution in [1.82, 2.24) is 0 Å². The summed E-state index contributed by atoms with van der Waals surface area (Å²) < 4.78 is 140.